The van der Waals surface area contributed by atoms with Crippen molar-refractivity contribution in [3.05, 3.63) is 59.2 Å². The largest absolute Gasteiger partial charge is 0.514 e. The Morgan fingerprint density at radius 2 is 1.88 bits per heavy atom. The SMILES string of the molecule is CC(=O)Nc1cc(N=Nc2c(C#N)cnn2-c2ccccc2)cc(Cl)c1OC(=O)OC(C)(C)C. The number of nitriles is 1. The molecule has 0 saturated heterocycles. The maximum Gasteiger partial charge on any atom is 0.514 e. The molecule has 2 aromatic carbocycles. The van der Waals surface area contributed by atoms with Crippen molar-refractivity contribution in [1.82, 2.24) is 9.78 Å². The Morgan fingerprint density at radius 1 is 1.18 bits per heavy atom. The number of benzene rings is 2. The van der Waals surface area contributed by atoms with Gasteiger partial charge in [-0.15, -0.1) is 10.2 Å². The first-order valence-corrected chi connectivity index (χ1v) is 10.4. The van der Waals surface area contributed by atoms with E-state index in [1.807, 2.05) is 36.4 Å². The topological polar surface area (TPSA) is 131 Å². The molecule has 1 amide bonds. The van der Waals surface area contributed by atoms with E-state index in [1.165, 1.54) is 29.9 Å². The van der Waals surface area contributed by atoms with Crippen LogP contribution < -0.4 is 10.1 Å². The van der Waals surface area contributed by atoms with Crippen LogP contribution in [-0.2, 0) is 9.53 Å². The number of halogens is 1. The summed E-state index contributed by atoms with van der Waals surface area (Å²) in [6.07, 6.45) is 0.398. The number of azo groups is 1. The number of amides is 1. The van der Waals surface area contributed by atoms with Gasteiger partial charge in [0, 0.05) is 6.92 Å². The molecule has 1 N–H and O–H groups in total. The highest BCUT2D eigenvalue weighted by Gasteiger charge is 2.22. The van der Waals surface area contributed by atoms with Crippen LogP contribution in [0.3, 0.4) is 0 Å². The second-order valence-electron chi connectivity index (χ2n) is 7.99. The number of ether oxygens (including phenoxy) is 2. The zero-order chi connectivity index (χ0) is 24.9. The minimum absolute atomic E-state index is 0.0110. The minimum atomic E-state index is -0.985. The van der Waals surface area contributed by atoms with Crippen molar-refractivity contribution in [1.29, 1.82) is 5.26 Å². The van der Waals surface area contributed by atoms with Gasteiger partial charge in [0.1, 0.15) is 17.2 Å². The predicted octanol–water partition coefficient (Wildman–Crippen LogP) is 6.09. The van der Waals surface area contributed by atoms with Gasteiger partial charge in [-0.1, -0.05) is 29.8 Å². The third kappa shape index (κ3) is 6.17. The van der Waals surface area contributed by atoms with E-state index in [2.05, 4.69) is 20.6 Å². The van der Waals surface area contributed by atoms with Crippen molar-refractivity contribution < 1.29 is 19.1 Å². The maximum atomic E-state index is 12.1. The highest BCUT2D eigenvalue weighted by atomic mass is 35.5. The van der Waals surface area contributed by atoms with Crippen LogP contribution in [0.15, 0.2) is 58.9 Å². The molecule has 0 aliphatic carbocycles. The molecule has 34 heavy (non-hydrogen) atoms. The first-order chi connectivity index (χ1) is 16.1. The van der Waals surface area contributed by atoms with Crippen molar-refractivity contribution in [2.45, 2.75) is 33.3 Å². The van der Waals surface area contributed by atoms with Gasteiger partial charge < -0.3 is 14.8 Å². The molecule has 174 valence electrons. The first-order valence-electron chi connectivity index (χ1n) is 10.0. The summed E-state index contributed by atoms with van der Waals surface area (Å²) >= 11 is 6.32. The Kier molecular flexibility index (Phi) is 7.28. The summed E-state index contributed by atoms with van der Waals surface area (Å²) < 4.78 is 11.9. The van der Waals surface area contributed by atoms with Crippen LogP contribution in [0.5, 0.6) is 5.75 Å². The number of para-hydroxylation sites is 1. The fourth-order valence-corrected chi connectivity index (χ4v) is 3.01. The smallest absolute Gasteiger partial charge is 0.428 e. The zero-order valence-corrected chi connectivity index (χ0v) is 19.6. The van der Waals surface area contributed by atoms with Crippen molar-refractivity contribution in [2.75, 3.05) is 5.32 Å². The molecule has 3 rings (SSSR count). The van der Waals surface area contributed by atoms with Crippen LogP contribution in [0.2, 0.25) is 5.02 Å². The van der Waals surface area contributed by atoms with Gasteiger partial charge in [0.25, 0.3) is 0 Å². The Bertz CT molecular complexity index is 1290. The Morgan fingerprint density at radius 3 is 2.50 bits per heavy atom. The number of aromatic nitrogens is 2. The third-order valence-electron chi connectivity index (χ3n) is 4.04. The van der Waals surface area contributed by atoms with E-state index in [1.54, 1.807) is 20.8 Å². The Hall–Kier alpha value is -4.23. The van der Waals surface area contributed by atoms with Gasteiger partial charge in [-0.05, 0) is 45.0 Å². The lowest BCUT2D eigenvalue weighted by molar-refractivity contribution is -0.114. The van der Waals surface area contributed by atoms with Gasteiger partial charge >= 0.3 is 6.16 Å². The molecule has 0 fully saturated rings. The van der Waals surface area contributed by atoms with Crippen molar-refractivity contribution in [3.8, 4) is 17.5 Å². The van der Waals surface area contributed by atoms with Crippen LogP contribution in [0.1, 0.15) is 33.3 Å². The van der Waals surface area contributed by atoms with Crippen LogP contribution in [0.4, 0.5) is 22.0 Å². The van der Waals surface area contributed by atoms with E-state index in [9.17, 15) is 14.9 Å². The Labute approximate surface area is 200 Å². The first kappa shape index (κ1) is 24.4. The molecule has 1 aromatic heterocycles. The molecule has 11 heteroatoms. The number of hydrogen-bond acceptors (Lipinski definition) is 8. The number of rotatable bonds is 5. The molecule has 0 spiro atoms. The highest BCUT2D eigenvalue weighted by molar-refractivity contribution is 6.33. The molecule has 0 unspecified atom stereocenters. The molecule has 0 saturated carbocycles. The van der Waals surface area contributed by atoms with Crippen molar-refractivity contribution >= 4 is 40.9 Å². The summed E-state index contributed by atoms with van der Waals surface area (Å²) in [7, 11) is 0. The second kappa shape index (κ2) is 10.1. The molecule has 10 nitrogen and oxygen atoms in total. The quantitative estimate of drug-likeness (QED) is 0.267. The fourth-order valence-electron chi connectivity index (χ4n) is 2.76. The normalized spacial score (nSPS) is 11.2. The number of carbonyl (C=O) groups excluding carboxylic acids is 2. The third-order valence-corrected chi connectivity index (χ3v) is 4.32. The van der Waals surface area contributed by atoms with Crippen molar-refractivity contribution in [3.63, 3.8) is 0 Å². The van der Waals surface area contributed by atoms with Gasteiger partial charge in [0.2, 0.25) is 5.91 Å². The predicted molar refractivity (Wildman–Crippen MR) is 125 cm³/mol. The second-order valence-corrected chi connectivity index (χ2v) is 8.40. The lowest BCUT2D eigenvalue weighted by Crippen LogP contribution is -2.26. The highest BCUT2D eigenvalue weighted by Crippen LogP contribution is 2.39. The summed E-state index contributed by atoms with van der Waals surface area (Å²) in [4.78, 5) is 23.8. The minimum Gasteiger partial charge on any atom is -0.428 e. The average Bonchev–Trinajstić information content (AvgIpc) is 3.16. The molecule has 1 heterocycles. The van der Waals surface area contributed by atoms with Crippen LogP contribution >= 0.6 is 11.6 Å². The molecule has 0 aliphatic heterocycles. The van der Waals surface area contributed by atoms with E-state index < -0.39 is 17.7 Å². The van der Waals surface area contributed by atoms with Crippen LogP contribution in [-0.4, -0.2) is 27.4 Å². The molecule has 0 atom stereocenters. The van der Waals surface area contributed by atoms with E-state index in [4.69, 9.17) is 21.1 Å². The van der Waals surface area contributed by atoms with E-state index in [0.717, 1.165) is 0 Å². The summed E-state index contributed by atoms with van der Waals surface area (Å²) in [6.45, 7) is 6.34. The summed E-state index contributed by atoms with van der Waals surface area (Å²) in [6, 6.07) is 14.0. The summed E-state index contributed by atoms with van der Waals surface area (Å²) in [5.74, 6) is -0.315. The van der Waals surface area contributed by atoms with E-state index >= 15 is 0 Å². The monoisotopic (exact) mass is 480 g/mol. The van der Waals surface area contributed by atoms with Crippen LogP contribution in [0.25, 0.3) is 5.69 Å². The van der Waals surface area contributed by atoms with Crippen LogP contribution in [0, 0.1) is 11.3 Å². The van der Waals surface area contributed by atoms with Gasteiger partial charge in [0.15, 0.2) is 11.6 Å². The lowest BCUT2D eigenvalue weighted by atomic mass is 10.2. The van der Waals surface area contributed by atoms with Gasteiger partial charge in [-0.2, -0.15) is 10.4 Å². The van der Waals surface area contributed by atoms with E-state index in [0.29, 0.717) is 5.69 Å². The fraction of sp³-hybridized carbons (Fsp3) is 0.217. The molecule has 0 aliphatic rings. The standard InChI is InChI=1S/C23H21ClN6O4/c1-14(31)27-19-11-16(10-18(24)20(19)33-22(32)34-23(2,3)4)28-29-21-15(12-25)13-26-30(21)17-8-6-5-7-9-17/h5-11,13H,1-4H3,(H,27,31). The van der Waals surface area contributed by atoms with Gasteiger partial charge in [-0.25, -0.2) is 9.48 Å². The number of anilines is 1. The summed E-state index contributed by atoms with van der Waals surface area (Å²) in [5.41, 5.74) is 0.444. The number of hydrogen-bond donors (Lipinski definition) is 1. The lowest BCUT2D eigenvalue weighted by Gasteiger charge is -2.20. The number of carbonyl (C=O) groups is 2. The molecule has 3 aromatic rings. The maximum absolute atomic E-state index is 12.1. The summed E-state index contributed by atoms with van der Waals surface area (Å²) in [5, 5.41) is 24.5. The number of nitrogens with one attached hydrogen (secondary N) is 1. The molecular formula is C23H21ClN6O4. The number of nitrogens with zero attached hydrogens (tertiary/aromatic N) is 5. The van der Waals surface area contributed by atoms with Gasteiger partial charge in [0.05, 0.1) is 28.3 Å². The van der Waals surface area contributed by atoms with Gasteiger partial charge in [-0.3, -0.25) is 4.79 Å². The molecular weight excluding hydrogens is 460 g/mol. The van der Waals surface area contributed by atoms with E-state index in [-0.39, 0.29) is 33.5 Å². The molecule has 0 radical (unpaired) electrons. The zero-order valence-electron chi connectivity index (χ0n) is 18.9. The van der Waals surface area contributed by atoms with Crippen molar-refractivity contribution in [2.24, 2.45) is 10.2 Å². The Balaban J connectivity index is 1.98. The molecule has 0 bridgehead atoms. The average molecular weight is 481 g/mol.